The predicted octanol–water partition coefficient (Wildman–Crippen LogP) is 3.26. The molecule has 0 spiro atoms. The molecule has 0 unspecified atom stereocenters. The zero-order valence-corrected chi connectivity index (χ0v) is 8.54. The van der Waals surface area contributed by atoms with Crippen molar-refractivity contribution >= 4 is 17.1 Å². The summed E-state index contributed by atoms with van der Waals surface area (Å²) < 4.78 is 2.12. The summed E-state index contributed by atoms with van der Waals surface area (Å²) in [5.74, 6) is 1.82. The minimum Gasteiger partial charge on any atom is -0.302 e. The first kappa shape index (κ1) is 8.30. The van der Waals surface area contributed by atoms with Gasteiger partial charge in [0, 0.05) is 12.1 Å². The lowest BCUT2D eigenvalue weighted by Crippen LogP contribution is -2.12. The highest BCUT2D eigenvalue weighted by Gasteiger charge is 2.23. The summed E-state index contributed by atoms with van der Waals surface area (Å²) >= 11 is 5.96. The van der Waals surface area contributed by atoms with E-state index in [1.165, 1.54) is 25.1 Å². The highest BCUT2D eigenvalue weighted by Crippen LogP contribution is 2.35. The van der Waals surface area contributed by atoms with Gasteiger partial charge in [-0.05, 0) is 25.0 Å². The first-order valence-electron chi connectivity index (χ1n) is 4.97. The van der Waals surface area contributed by atoms with Gasteiger partial charge in [0.2, 0.25) is 0 Å². The van der Waals surface area contributed by atoms with Crippen LogP contribution in [0, 0.1) is 0 Å². The lowest BCUT2D eigenvalue weighted by Gasteiger charge is -2.23. The smallest absolute Gasteiger partial charge is 0.116 e. The van der Waals surface area contributed by atoms with Gasteiger partial charge in [0.1, 0.15) is 5.82 Å². The lowest BCUT2D eigenvalue weighted by atomic mass is 9.85. The third-order valence-electron chi connectivity index (χ3n) is 2.99. The van der Waals surface area contributed by atoms with Crippen molar-refractivity contribution < 1.29 is 0 Å². The average Bonchev–Trinajstić information content (AvgIpc) is 2.46. The number of rotatable bonds is 1. The van der Waals surface area contributed by atoms with Crippen LogP contribution in [0.1, 0.15) is 31.0 Å². The summed E-state index contributed by atoms with van der Waals surface area (Å²) in [5, 5.41) is 0.774. The monoisotopic (exact) mass is 206 g/mol. The van der Waals surface area contributed by atoms with Gasteiger partial charge in [-0.25, -0.2) is 4.98 Å². The van der Waals surface area contributed by atoms with Gasteiger partial charge in [0.05, 0.1) is 16.7 Å². The SMILES string of the molecule is Clc1ccc2cnc(C3CCC3)n2c1. The number of aromatic nitrogens is 2. The van der Waals surface area contributed by atoms with Crippen LogP contribution in [-0.4, -0.2) is 9.38 Å². The van der Waals surface area contributed by atoms with Crippen molar-refractivity contribution in [3.63, 3.8) is 0 Å². The van der Waals surface area contributed by atoms with E-state index in [1.807, 2.05) is 24.5 Å². The van der Waals surface area contributed by atoms with Gasteiger partial charge in [-0.3, -0.25) is 0 Å². The van der Waals surface area contributed by atoms with Crippen molar-refractivity contribution in [1.29, 1.82) is 0 Å². The zero-order valence-electron chi connectivity index (χ0n) is 7.78. The van der Waals surface area contributed by atoms with E-state index >= 15 is 0 Å². The summed E-state index contributed by atoms with van der Waals surface area (Å²) in [6.45, 7) is 0. The fraction of sp³-hybridized carbons (Fsp3) is 0.364. The minimum atomic E-state index is 0.649. The van der Waals surface area contributed by atoms with Crippen molar-refractivity contribution in [2.24, 2.45) is 0 Å². The Bertz CT molecular complexity index is 471. The zero-order chi connectivity index (χ0) is 9.54. The lowest BCUT2D eigenvalue weighted by molar-refractivity contribution is 0.400. The first-order valence-corrected chi connectivity index (χ1v) is 5.35. The van der Waals surface area contributed by atoms with E-state index in [0.717, 1.165) is 10.5 Å². The Morgan fingerprint density at radius 2 is 2.21 bits per heavy atom. The van der Waals surface area contributed by atoms with E-state index in [4.69, 9.17) is 11.6 Å². The Morgan fingerprint density at radius 3 is 2.93 bits per heavy atom. The number of fused-ring (bicyclic) bond motifs is 1. The number of hydrogen-bond acceptors (Lipinski definition) is 1. The summed E-state index contributed by atoms with van der Waals surface area (Å²) in [7, 11) is 0. The Hall–Kier alpha value is -1.02. The van der Waals surface area contributed by atoms with Crippen molar-refractivity contribution in [2.45, 2.75) is 25.2 Å². The number of nitrogens with zero attached hydrogens (tertiary/aromatic N) is 2. The summed E-state index contributed by atoms with van der Waals surface area (Å²) in [4.78, 5) is 4.46. The molecule has 2 heterocycles. The second-order valence-electron chi connectivity index (χ2n) is 3.89. The fourth-order valence-electron chi connectivity index (χ4n) is 1.95. The first-order chi connectivity index (χ1) is 6.84. The topological polar surface area (TPSA) is 17.3 Å². The van der Waals surface area contributed by atoms with Crippen LogP contribution >= 0.6 is 11.6 Å². The molecular weight excluding hydrogens is 196 g/mol. The maximum absolute atomic E-state index is 5.96. The van der Waals surface area contributed by atoms with Crippen LogP contribution in [-0.2, 0) is 0 Å². The summed E-state index contributed by atoms with van der Waals surface area (Å²) in [5.41, 5.74) is 1.14. The number of imidazole rings is 1. The van der Waals surface area contributed by atoms with Crippen LogP contribution in [0.25, 0.3) is 5.52 Å². The van der Waals surface area contributed by atoms with Crippen LogP contribution in [0.15, 0.2) is 24.5 Å². The van der Waals surface area contributed by atoms with Crippen LogP contribution < -0.4 is 0 Å². The standard InChI is InChI=1S/C11H11ClN2/c12-9-4-5-10-6-13-11(14(10)7-9)8-2-1-3-8/h4-8H,1-3H2. The predicted molar refractivity (Wildman–Crippen MR) is 56.8 cm³/mol. The van der Waals surface area contributed by atoms with E-state index in [2.05, 4.69) is 9.38 Å². The second-order valence-corrected chi connectivity index (χ2v) is 4.32. The molecule has 0 saturated heterocycles. The van der Waals surface area contributed by atoms with Gasteiger partial charge in [-0.15, -0.1) is 0 Å². The Morgan fingerprint density at radius 1 is 1.36 bits per heavy atom. The molecular formula is C11H11ClN2. The molecule has 0 aromatic carbocycles. The Kier molecular flexibility index (Phi) is 1.77. The summed E-state index contributed by atoms with van der Waals surface area (Å²) in [6, 6.07) is 3.92. The molecule has 3 heteroatoms. The van der Waals surface area contributed by atoms with Gasteiger partial charge < -0.3 is 4.40 Å². The third-order valence-corrected chi connectivity index (χ3v) is 3.21. The number of pyridine rings is 1. The molecule has 14 heavy (non-hydrogen) atoms. The van der Waals surface area contributed by atoms with Gasteiger partial charge >= 0.3 is 0 Å². The second kappa shape index (κ2) is 2.99. The molecule has 0 bridgehead atoms. The van der Waals surface area contributed by atoms with Crippen molar-refractivity contribution in [3.8, 4) is 0 Å². The molecule has 0 atom stereocenters. The van der Waals surface area contributed by atoms with Crippen molar-refractivity contribution in [2.75, 3.05) is 0 Å². The van der Waals surface area contributed by atoms with E-state index < -0.39 is 0 Å². The molecule has 2 aromatic rings. The van der Waals surface area contributed by atoms with Crippen LogP contribution in [0.2, 0.25) is 5.02 Å². The molecule has 1 aliphatic carbocycles. The van der Waals surface area contributed by atoms with Crippen LogP contribution in [0.5, 0.6) is 0 Å². The maximum Gasteiger partial charge on any atom is 0.116 e. The quantitative estimate of drug-likeness (QED) is 0.700. The van der Waals surface area contributed by atoms with Gasteiger partial charge in [0.25, 0.3) is 0 Å². The van der Waals surface area contributed by atoms with Crippen LogP contribution in [0.3, 0.4) is 0 Å². The van der Waals surface area contributed by atoms with Gasteiger partial charge in [-0.1, -0.05) is 18.0 Å². The number of halogens is 1. The Labute approximate surface area is 87.5 Å². The highest BCUT2D eigenvalue weighted by molar-refractivity contribution is 6.30. The molecule has 1 aliphatic rings. The van der Waals surface area contributed by atoms with Crippen molar-refractivity contribution in [1.82, 2.24) is 9.38 Å². The molecule has 72 valence electrons. The average molecular weight is 207 g/mol. The molecule has 0 aliphatic heterocycles. The summed E-state index contributed by atoms with van der Waals surface area (Å²) in [6.07, 6.45) is 7.75. The van der Waals surface area contributed by atoms with Gasteiger partial charge in [0.15, 0.2) is 0 Å². The largest absolute Gasteiger partial charge is 0.302 e. The molecule has 0 N–H and O–H groups in total. The molecule has 2 nitrogen and oxygen atoms in total. The van der Waals surface area contributed by atoms with E-state index in [0.29, 0.717) is 5.92 Å². The van der Waals surface area contributed by atoms with Gasteiger partial charge in [-0.2, -0.15) is 0 Å². The normalized spacial score (nSPS) is 17.2. The Balaban J connectivity index is 2.18. The molecule has 1 saturated carbocycles. The van der Waals surface area contributed by atoms with E-state index in [-0.39, 0.29) is 0 Å². The highest BCUT2D eigenvalue weighted by atomic mass is 35.5. The van der Waals surface area contributed by atoms with E-state index in [9.17, 15) is 0 Å². The number of hydrogen-bond donors (Lipinski definition) is 0. The third kappa shape index (κ3) is 1.14. The fourth-order valence-corrected chi connectivity index (χ4v) is 2.11. The molecule has 0 radical (unpaired) electrons. The molecule has 0 amide bonds. The molecule has 1 fully saturated rings. The molecule has 2 aromatic heterocycles. The van der Waals surface area contributed by atoms with Crippen molar-refractivity contribution in [3.05, 3.63) is 35.4 Å². The molecule has 3 rings (SSSR count). The van der Waals surface area contributed by atoms with E-state index in [1.54, 1.807) is 0 Å². The van der Waals surface area contributed by atoms with Crippen LogP contribution in [0.4, 0.5) is 0 Å². The maximum atomic E-state index is 5.96. The minimum absolute atomic E-state index is 0.649.